The Hall–Kier alpha value is -1.79. The number of carbonyl (C=O) groups is 2. The van der Waals surface area contributed by atoms with Crippen molar-refractivity contribution in [2.45, 2.75) is 25.3 Å². The molecular formula is C14H17ClN2O4. The van der Waals surface area contributed by atoms with Gasteiger partial charge in [-0.1, -0.05) is 11.6 Å². The molecule has 0 bridgehead atoms. The number of amides is 2. The van der Waals surface area contributed by atoms with Crippen LogP contribution in [0.4, 0.5) is 10.5 Å². The summed E-state index contributed by atoms with van der Waals surface area (Å²) in [6.45, 7) is 3.21. The van der Waals surface area contributed by atoms with Gasteiger partial charge in [0.05, 0.1) is 10.6 Å². The number of benzene rings is 1. The molecule has 0 atom stereocenters. The number of carbonyl (C=O) groups excluding carboxylic acids is 1. The summed E-state index contributed by atoms with van der Waals surface area (Å²) >= 11 is 5.86. The summed E-state index contributed by atoms with van der Waals surface area (Å²) in [5, 5.41) is 14.5. The number of urea groups is 1. The van der Waals surface area contributed by atoms with Gasteiger partial charge in [-0.05, 0) is 38.0 Å². The summed E-state index contributed by atoms with van der Waals surface area (Å²) in [6, 6.07) is 3.92. The van der Waals surface area contributed by atoms with Crippen molar-refractivity contribution in [2.24, 2.45) is 0 Å². The number of anilines is 1. The smallest absolute Gasteiger partial charge is 0.337 e. The van der Waals surface area contributed by atoms with Gasteiger partial charge in [-0.15, -0.1) is 0 Å². The Balaban J connectivity index is 1.99. The molecule has 0 aromatic heterocycles. The maximum atomic E-state index is 12.0. The van der Waals surface area contributed by atoms with Gasteiger partial charge in [-0.2, -0.15) is 0 Å². The molecule has 0 radical (unpaired) electrons. The number of hydrogen-bond acceptors (Lipinski definition) is 3. The van der Waals surface area contributed by atoms with Gasteiger partial charge in [0.25, 0.3) is 0 Å². The molecule has 1 heterocycles. The van der Waals surface area contributed by atoms with Crippen LogP contribution in [0.5, 0.6) is 0 Å². The molecule has 7 heteroatoms. The van der Waals surface area contributed by atoms with Gasteiger partial charge in [0.15, 0.2) is 0 Å². The topological polar surface area (TPSA) is 87.7 Å². The Morgan fingerprint density at radius 2 is 2.00 bits per heavy atom. The van der Waals surface area contributed by atoms with E-state index in [1.165, 1.54) is 18.2 Å². The molecule has 6 nitrogen and oxygen atoms in total. The van der Waals surface area contributed by atoms with E-state index in [-0.39, 0.29) is 22.2 Å². The zero-order valence-corrected chi connectivity index (χ0v) is 12.4. The highest BCUT2D eigenvalue weighted by atomic mass is 35.5. The van der Waals surface area contributed by atoms with Gasteiger partial charge in [0.2, 0.25) is 0 Å². The van der Waals surface area contributed by atoms with Crippen molar-refractivity contribution in [1.29, 1.82) is 0 Å². The Morgan fingerprint density at radius 3 is 2.57 bits per heavy atom. The Kier molecular flexibility index (Phi) is 4.69. The molecular weight excluding hydrogens is 296 g/mol. The number of aromatic carboxylic acids is 1. The summed E-state index contributed by atoms with van der Waals surface area (Å²) in [7, 11) is 0. The third-order valence-electron chi connectivity index (χ3n) is 3.47. The van der Waals surface area contributed by atoms with Gasteiger partial charge >= 0.3 is 12.0 Å². The molecule has 2 amide bonds. The number of ether oxygens (including phenoxy) is 1. The van der Waals surface area contributed by atoms with Gasteiger partial charge in [-0.3, -0.25) is 0 Å². The van der Waals surface area contributed by atoms with Gasteiger partial charge < -0.3 is 20.5 Å². The number of hydrogen-bond donors (Lipinski definition) is 3. The zero-order valence-electron chi connectivity index (χ0n) is 11.6. The van der Waals surface area contributed by atoms with Crippen LogP contribution in [0.1, 0.15) is 30.1 Å². The van der Waals surface area contributed by atoms with E-state index in [1.54, 1.807) is 0 Å². The first-order valence-corrected chi connectivity index (χ1v) is 6.97. The van der Waals surface area contributed by atoms with Gasteiger partial charge in [0.1, 0.15) is 0 Å². The maximum absolute atomic E-state index is 12.0. The zero-order chi connectivity index (χ0) is 15.5. The first kappa shape index (κ1) is 15.6. The van der Waals surface area contributed by atoms with E-state index in [2.05, 4.69) is 10.6 Å². The highest BCUT2D eigenvalue weighted by Gasteiger charge is 2.28. The minimum atomic E-state index is -1.11. The number of carboxylic acid groups (broad SMARTS) is 1. The fourth-order valence-electron chi connectivity index (χ4n) is 2.15. The molecule has 114 valence electrons. The highest BCUT2D eigenvalue weighted by Crippen LogP contribution is 2.22. The second-order valence-corrected chi connectivity index (χ2v) is 5.66. The summed E-state index contributed by atoms with van der Waals surface area (Å²) in [6.07, 6.45) is 1.50. The van der Waals surface area contributed by atoms with Crippen molar-refractivity contribution in [3.63, 3.8) is 0 Å². The molecule has 21 heavy (non-hydrogen) atoms. The van der Waals surface area contributed by atoms with E-state index in [4.69, 9.17) is 21.4 Å². The van der Waals surface area contributed by atoms with E-state index in [0.29, 0.717) is 18.9 Å². The monoisotopic (exact) mass is 312 g/mol. The molecule has 0 aliphatic carbocycles. The number of nitrogens with one attached hydrogen (secondary N) is 2. The summed E-state index contributed by atoms with van der Waals surface area (Å²) in [5.74, 6) is -1.11. The van der Waals surface area contributed by atoms with Crippen LogP contribution in [0.25, 0.3) is 0 Å². The van der Waals surface area contributed by atoms with Gasteiger partial charge in [0, 0.05) is 24.4 Å². The van der Waals surface area contributed by atoms with Crippen LogP contribution in [-0.4, -0.2) is 35.9 Å². The number of halogens is 1. The minimum absolute atomic E-state index is 0.000911. The summed E-state index contributed by atoms with van der Waals surface area (Å²) in [5.41, 5.74) is 0.143. The molecule has 2 rings (SSSR count). The Labute approximate surface area is 127 Å². The molecule has 1 fully saturated rings. The van der Waals surface area contributed by atoms with Crippen LogP contribution in [0.3, 0.4) is 0 Å². The maximum Gasteiger partial charge on any atom is 0.337 e. The highest BCUT2D eigenvalue weighted by molar-refractivity contribution is 6.33. The predicted molar refractivity (Wildman–Crippen MR) is 79.0 cm³/mol. The minimum Gasteiger partial charge on any atom is -0.478 e. The Bertz CT molecular complexity index is 556. The molecule has 1 aromatic carbocycles. The van der Waals surface area contributed by atoms with E-state index in [1.807, 2.05) is 6.92 Å². The summed E-state index contributed by atoms with van der Waals surface area (Å²) < 4.78 is 5.27. The Morgan fingerprint density at radius 1 is 1.33 bits per heavy atom. The third-order valence-corrected chi connectivity index (χ3v) is 3.78. The quantitative estimate of drug-likeness (QED) is 0.800. The predicted octanol–water partition coefficient (Wildman–Crippen LogP) is 2.73. The lowest BCUT2D eigenvalue weighted by Crippen LogP contribution is -2.51. The van der Waals surface area contributed by atoms with E-state index < -0.39 is 5.97 Å². The molecule has 1 aromatic rings. The first-order chi connectivity index (χ1) is 9.89. The van der Waals surface area contributed by atoms with Crippen LogP contribution >= 0.6 is 11.6 Å². The van der Waals surface area contributed by atoms with E-state index >= 15 is 0 Å². The van der Waals surface area contributed by atoms with Crippen LogP contribution in [0, 0.1) is 0 Å². The van der Waals surface area contributed by atoms with Crippen molar-refractivity contribution in [1.82, 2.24) is 5.32 Å². The lowest BCUT2D eigenvalue weighted by Gasteiger charge is -2.34. The van der Waals surface area contributed by atoms with Crippen molar-refractivity contribution < 1.29 is 19.4 Å². The molecule has 3 N–H and O–H groups in total. The average Bonchev–Trinajstić information content (AvgIpc) is 2.38. The third kappa shape index (κ3) is 4.09. The number of carboxylic acids is 1. The fraction of sp³-hybridized carbons (Fsp3) is 0.429. The second-order valence-electron chi connectivity index (χ2n) is 5.25. The average molecular weight is 313 g/mol. The van der Waals surface area contributed by atoms with Crippen LogP contribution in [0.2, 0.25) is 5.02 Å². The summed E-state index contributed by atoms with van der Waals surface area (Å²) in [4.78, 5) is 22.9. The van der Waals surface area contributed by atoms with Crippen molar-refractivity contribution in [3.05, 3.63) is 28.8 Å². The molecule has 1 saturated heterocycles. The standard InChI is InChI=1S/C14H17ClN2O4/c1-14(4-6-21-7-5-14)17-13(20)16-9-2-3-10(12(18)19)11(15)8-9/h2-3,8H,4-7H2,1H3,(H,18,19)(H2,16,17,20). The molecule has 1 aliphatic heterocycles. The molecule has 0 saturated carbocycles. The van der Waals surface area contributed by atoms with Crippen LogP contribution in [-0.2, 0) is 4.74 Å². The normalized spacial score (nSPS) is 17.0. The molecule has 0 spiro atoms. The lowest BCUT2D eigenvalue weighted by molar-refractivity contribution is 0.0499. The largest absolute Gasteiger partial charge is 0.478 e. The molecule has 0 unspecified atom stereocenters. The van der Waals surface area contributed by atoms with Crippen LogP contribution < -0.4 is 10.6 Å². The second kappa shape index (κ2) is 6.32. The van der Waals surface area contributed by atoms with Crippen molar-refractivity contribution in [3.8, 4) is 0 Å². The van der Waals surface area contributed by atoms with Crippen LogP contribution in [0.15, 0.2) is 18.2 Å². The molecule has 1 aliphatic rings. The first-order valence-electron chi connectivity index (χ1n) is 6.59. The van der Waals surface area contributed by atoms with Gasteiger partial charge in [-0.25, -0.2) is 9.59 Å². The van der Waals surface area contributed by atoms with Crippen molar-refractivity contribution in [2.75, 3.05) is 18.5 Å². The number of rotatable bonds is 3. The SMILES string of the molecule is CC1(NC(=O)Nc2ccc(C(=O)O)c(Cl)c2)CCOCC1. The van der Waals surface area contributed by atoms with E-state index in [9.17, 15) is 9.59 Å². The van der Waals surface area contributed by atoms with Crippen molar-refractivity contribution >= 4 is 29.3 Å². The van der Waals surface area contributed by atoms with E-state index in [0.717, 1.165) is 12.8 Å². The fourth-order valence-corrected chi connectivity index (χ4v) is 2.41. The lowest BCUT2D eigenvalue weighted by atomic mass is 9.93.